The van der Waals surface area contributed by atoms with E-state index in [0.29, 0.717) is 13.2 Å². The third-order valence-corrected chi connectivity index (χ3v) is 3.91. The Morgan fingerprint density at radius 1 is 1.55 bits per heavy atom. The molecule has 0 spiro atoms. The van der Waals surface area contributed by atoms with Crippen molar-refractivity contribution in [1.82, 2.24) is 4.90 Å². The Bertz CT molecular complexity index is 579. The zero-order chi connectivity index (χ0) is 14.8. The zero-order valence-electron chi connectivity index (χ0n) is 11.1. The van der Waals surface area contributed by atoms with Crippen LogP contribution in [0.15, 0.2) is 23.1 Å². The van der Waals surface area contributed by atoms with Gasteiger partial charge in [-0.15, -0.1) is 0 Å². The number of nitrogens with zero attached hydrogens (tertiary/aromatic N) is 1. The van der Waals surface area contributed by atoms with Crippen molar-refractivity contribution in [3.8, 4) is 5.75 Å². The lowest BCUT2D eigenvalue weighted by Crippen LogP contribution is -2.42. The van der Waals surface area contributed by atoms with Crippen LogP contribution in [0.2, 0.25) is 0 Å². The van der Waals surface area contributed by atoms with Crippen LogP contribution < -0.4 is 9.88 Å². The van der Waals surface area contributed by atoms with E-state index < -0.39 is 15.8 Å². The third-order valence-electron chi connectivity index (χ3n) is 3.00. The molecule has 6 nitrogen and oxygen atoms in total. The molecule has 1 aliphatic rings. The van der Waals surface area contributed by atoms with E-state index >= 15 is 0 Å². The average molecular weight is 304 g/mol. The SMILES string of the molecule is CN1CCOC(COc2ccc(S(N)(=O)=O)cc2F)C1. The molecule has 0 amide bonds. The summed E-state index contributed by atoms with van der Waals surface area (Å²) in [6.07, 6.45) is -0.133. The predicted octanol–water partition coefficient (Wildman–Crippen LogP) is 0.183. The molecule has 1 atom stereocenters. The molecule has 0 aromatic heterocycles. The number of rotatable bonds is 4. The quantitative estimate of drug-likeness (QED) is 0.858. The third kappa shape index (κ3) is 3.89. The Morgan fingerprint density at radius 3 is 2.90 bits per heavy atom. The molecule has 8 heteroatoms. The second kappa shape index (κ2) is 6.04. The first kappa shape index (κ1) is 15.2. The molecule has 0 bridgehead atoms. The molecule has 112 valence electrons. The van der Waals surface area contributed by atoms with Gasteiger partial charge in [-0.25, -0.2) is 17.9 Å². The van der Waals surface area contributed by atoms with E-state index in [4.69, 9.17) is 14.6 Å². The maximum Gasteiger partial charge on any atom is 0.238 e. The lowest BCUT2D eigenvalue weighted by Gasteiger charge is -2.29. The van der Waals surface area contributed by atoms with Crippen LogP contribution in [0.3, 0.4) is 0 Å². The van der Waals surface area contributed by atoms with Crippen LogP contribution in [0.5, 0.6) is 5.75 Å². The molecule has 0 saturated carbocycles. The zero-order valence-corrected chi connectivity index (χ0v) is 11.9. The van der Waals surface area contributed by atoms with Crippen LogP contribution >= 0.6 is 0 Å². The van der Waals surface area contributed by atoms with Crippen molar-refractivity contribution in [2.24, 2.45) is 5.14 Å². The number of ether oxygens (including phenoxy) is 2. The van der Waals surface area contributed by atoms with Crippen LogP contribution in [0, 0.1) is 5.82 Å². The number of nitrogens with two attached hydrogens (primary N) is 1. The van der Waals surface area contributed by atoms with Gasteiger partial charge in [0.1, 0.15) is 12.7 Å². The molecule has 2 N–H and O–H groups in total. The van der Waals surface area contributed by atoms with Gasteiger partial charge in [0.2, 0.25) is 10.0 Å². The molecule has 1 aliphatic heterocycles. The number of halogens is 1. The molecule has 0 aliphatic carbocycles. The summed E-state index contributed by atoms with van der Waals surface area (Å²) in [4.78, 5) is 1.81. The number of hydrogen-bond donors (Lipinski definition) is 1. The number of primary sulfonamides is 1. The lowest BCUT2D eigenvalue weighted by atomic mass is 10.3. The summed E-state index contributed by atoms with van der Waals surface area (Å²) in [5.41, 5.74) is 0. The molecule has 1 fully saturated rings. The van der Waals surface area contributed by atoms with Crippen LogP contribution in [-0.2, 0) is 14.8 Å². The summed E-state index contributed by atoms with van der Waals surface area (Å²) < 4.78 is 46.7. The van der Waals surface area contributed by atoms with E-state index in [2.05, 4.69) is 4.90 Å². The minimum atomic E-state index is -3.91. The fourth-order valence-corrected chi connectivity index (χ4v) is 2.45. The van der Waals surface area contributed by atoms with E-state index in [9.17, 15) is 12.8 Å². The molecule has 1 saturated heterocycles. The topological polar surface area (TPSA) is 81.9 Å². The standard InChI is InChI=1S/C12H17FN2O4S/c1-15-4-5-18-9(7-15)8-19-12-3-2-10(6-11(12)13)20(14,16)17/h2-3,6,9H,4-5,7-8H2,1H3,(H2,14,16,17). The first-order valence-corrected chi connectivity index (χ1v) is 7.66. The van der Waals surface area contributed by atoms with Gasteiger partial charge in [-0.2, -0.15) is 0 Å². The maximum absolute atomic E-state index is 13.7. The smallest absolute Gasteiger partial charge is 0.238 e. The van der Waals surface area contributed by atoms with Crippen molar-refractivity contribution >= 4 is 10.0 Å². The van der Waals surface area contributed by atoms with Crippen LogP contribution in [0.25, 0.3) is 0 Å². The highest BCUT2D eigenvalue weighted by atomic mass is 32.2. The normalized spacial score (nSPS) is 20.9. The van der Waals surface area contributed by atoms with Crippen molar-refractivity contribution in [1.29, 1.82) is 0 Å². The van der Waals surface area contributed by atoms with Gasteiger partial charge in [0.05, 0.1) is 11.5 Å². The molecule has 1 aromatic rings. The van der Waals surface area contributed by atoms with Crippen LogP contribution in [-0.4, -0.2) is 52.8 Å². The van der Waals surface area contributed by atoms with Crippen molar-refractivity contribution in [3.05, 3.63) is 24.0 Å². The largest absolute Gasteiger partial charge is 0.488 e. The Kier molecular flexibility index (Phi) is 4.59. The van der Waals surface area contributed by atoms with Crippen molar-refractivity contribution in [2.75, 3.05) is 33.4 Å². The first-order valence-electron chi connectivity index (χ1n) is 6.11. The summed E-state index contributed by atoms with van der Waals surface area (Å²) in [6, 6.07) is 3.31. The van der Waals surface area contributed by atoms with Gasteiger partial charge in [0, 0.05) is 13.1 Å². The molecule has 1 unspecified atom stereocenters. The number of hydrogen-bond acceptors (Lipinski definition) is 5. The van der Waals surface area contributed by atoms with E-state index in [-0.39, 0.29) is 23.4 Å². The fraction of sp³-hybridized carbons (Fsp3) is 0.500. The van der Waals surface area contributed by atoms with Crippen molar-refractivity contribution in [3.63, 3.8) is 0 Å². The van der Waals surface area contributed by atoms with E-state index in [1.54, 1.807) is 0 Å². The van der Waals surface area contributed by atoms with E-state index in [1.807, 2.05) is 7.05 Å². The Hall–Kier alpha value is -1.22. The highest BCUT2D eigenvalue weighted by molar-refractivity contribution is 7.89. The minimum absolute atomic E-state index is 0.0192. The summed E-state index contributed by atoms with van der Waals surface area (Å²) in [6.45, 7) is 2.37. The summed E-state index contributed by atoms with van der Waals surface area (Å²) in [7, 11) is -1.94. The Labute approximate surface area is 117 Å². The van der Waals surface area contributed by atoms with Gasteiger partial charge in [-0.1, -0.05) is 0 Å². The summed E-state index contributed by atoms with van der Waals surface area (Å²) in [5, 5.41) is 4.92. The van der Waals surface area contributed by atoms with Crippen molar-refractivity contribution < 1.29 is 22.3 Å². The van der Waals surface area contributed by atoms with Gasteiger partial charge in [-0.3, -0.25) is 0 Å². The van der Waals surface area contributed by atoms with E-state index in [1.165, 1.54) is 12.1 Å². The Morgan fingerprint density at radius 2 is 2.30 bits per heavy atom. The molecule has 20 heavy (non-hydrogen) atoms. The minimum Gasteiger partial charge on any atom is -0.488 e. The van der Waals surface area contributed by atoms with Crippen LogP contribution in [0.1, 0.15) is 0 Å². The lowest BCUT2D eigenvalue weighted by molar-refractivity contribution is -0.0408. The van der Waals surface area contributed by atoms with Gasteiger partial charge in [-0.05, 0) is 25.2 Å². The second-order valence-corrected chi connectivity index (χ2v) is 6.26. The first-order chi connectivity index (χ1) is 9.36. The monoisotopic (exact) mass is 304 g/mol. The molecule has 2 rings (SSSR count). The van der Waals surface area contributed by atoms with Gasteiger partial charge in [0.15, 0.2) is 11.6 Å². The number of benzene rings is 1. The highest BCUT2D eigenvalue weighted by Crippen LogP contribution is 2.21. The Balaban J connectivity index is 2.00. The second-order valence-electron chi connectivity index (χ2n) is 4.70. The summed E-state index contributed by atoms with van der Waals surface area (Å²) in [5.74, 6) is -0.782. The van der Waals surface area contributed by atoms with Crippen LogP contribution in [0.4, 0.5) is 4.39 Å². The number of sulfonamides is 1. The molecule has 1 aromatic carbocycles. The maximum atomic E-state index is 13.7. The van der Waals surface area contributed by atoms with Gasteiger partial charge in [0.25, 0.3) is 0 Å². The van der Waals surface area contributed by atoms with Gasteiger partial charge < -0.3 is 14.4 Å². The molecular weight excluding hydrogens is 287 g/mol. The summed E-state index contributed by atoms with van der Waals surface area (Å²) >= 11 is 0. The average Bonchev–Trinajstić information content (AvgIpc) is 2.36. The van der Waals surface area contributed by atoms with Gasteiger partial charge >= 0.3 is 0 Å². The molecule has 1 heterocycles. The number of morpholine rings is 1. The van der Waals surface area contributed by atoms with Crippen molar-refractivity contribution in [2.45, 2.75) is 11.0 Å². The predicted molar refractivity (Wildman–Crippen MR) is 70.5 cm³/mol. The molecule has 0 radical (unpaired) electrons. The highest BCUT2D eigenvalue weighted by Gasteiger charge is 2.19. The van der Waals surface area contributed by atoms with E-state index in [0.717, 1.165) is 12.6 Å². The fourth-order valence-electron chi connectivity index (χ4n) is 1.93. The number of likely N-dealkylation sites (N-methyl/N-ethyl adjacent to an activating group) is 1. The molecular formula is C12H17FN2O4S.